The molecule has 0 heterocycles. The average Bonchev–Trinajstić information content (AvgIpc) is 2.04. The summed E-state index contributed by atoms with van der Waals surface area (Å²) < 4.78 is 0. The molecule has 12 heavy (non-hydrogen) atoms. The second-order valence-electron chi connectivity index (χ2n) is 2.99. The van der Waals surface area contributed by atoms with Crippen LogP contribution in [0, 0.1) is 5.92 Å². The van der Waals surface area contributed by atoms with E-state index >= 15 is 0 Å². The van der Waals surface area contributed by atoms with Gasteiger partial charge in [-0.1, -0.05) is 26.7 Å². The lowest BCUT2D eigenvalue weighted by Gasteiger charge is -2.14. The maximum absolute atomic E-state index is 10.6. The van der Waals surface area contributed by atoms with Gasteiger partial charge in [0.05, 0.1) is 5.92 Å². The van der Waals surface area contributed by atoms with E-state index in [1.54, 1.807) is 0 Å². The quantitative estimate of drug-likeness (QED) is 0.595. The fourth-order valence-corrected chi connectivity index (χ4v) is 1.38. The van der Waals surface area contributed by atoms with Crippen LogP contribution in [0.25, 0.3) is 0 Å². The lowest BCUT2D eigenvalue weighted by atomic mass is 9.97. The summed E-state index contributed by atoms with van der Waals surface area (Å²) in [6.07, 6.45) is 3.23. The van der Waals surface area contributed by atoms with Crippen LogP contribution in [0.1, 0.15) is 39.5 Å². The Hall–Kier alpha value is -0.240. The first-order valence-electron chi connectivity index (χ1n) is 4.48. The Morgan fingerprint density at radius 1 is 1.42 bits per heavy atom. The van der Waals surface area contributed by atoms with E-state index in [-0.39, 0.29) is 5.38 Å². The highest BCUT2D eigenvalue weighted by atomic mass is 35.5. The number of carbonyl (C=O) groups is 1. The van der Waals surface area contributed by atoms with Crippen molar-refractivity contribution >= 4 is 17.6 Å². The Morgan fingerprint density at radius 3 is 2.33 bits per heavy atom. The average molecular weight is 192 g/mol. The zero-order chi connectivity index (χ0) is 9.56. The molecule has 1 radical (unpaired) electrons. The van der Waals surface area contributed by atoms with Crippen molar-refractivity contribution < 1.29 is 9.90 Å². The van der Waals surface area contributed by atoms with Gasteiger partial charge in [0.25, 0.3) is 0 Å². The van der Waals surface area contributed by atoms with Gasteiger partial charge in [-0.15, -0.1) is 11.6 Å². The highest BCUT2D eigenvalue weighted by Crippen LogP contribution is 2.20. The van der Waals surface area contributed by atoms with E-state index in [0.29, 0.717) is 12.8 Å². The van der Waals surface area contributed by atoms with E-state index in [4.69, 9.17) is 11.6 Å². The van der Waals surface area contributed by atoms with Crippen molar-refractivity contribution in [2.75, 3.05) is 0 Å². The molecule has 0 saturated carbocycles. The lowest BCUT2D eigenvalue weighted by Crippen LogP contribution is -2.22. The van der Waals surface area contributed by atoms with E-state index in [1.807, 2.05) is 13.8 Å². The van der Waals surface area contributed by atoms with Crippen LogP contribution in [0.2, 0.25) is 0 Å². The molecule has 2 nitrogen and oxygen atoms in total. The number of carbonyl (C=O) groups excluding carboxylic acids is 1. The summed E-state index contributed by atoms with van der Waals surface area (Å²) in [7, 11) is 0. The molecule has 0 bridgehead atoms. The summed E-state index contributed by atoms with van der Waals surface area (Å²) in [4.78, 5) is 10.6. The minimum Gasteiger partial charge on any atom is -0.247 e. The molecule has 0 aromatic heterocycles. The fraction of sp³-hybridized carbons (Fsp3) is 0.889. The van der Waals surface area contributed by atoms with Gasteiger partial charge >= 0.3 is 5.97 Å². The Kier molecular flexibility index (Phi) is 6.17. The van der Waals surface area contributed by atoms with Gasteiger partial charge in [-0.3, -0.25) is 0 Å². The van der Waals surface area contributed by atoms with Crippen LogP contribution in [-0.2, 0) is 9.90 Å². The predicted molar refractivity (Wildman–Crippen MR) is 48.6 cm³/mol. The lowest BCUT2D eigenvalue weighted by molar-refractivity contribution is -0.148. The van der Waals surface area contributed by atoms with Gasteiger partial charge in [-0.25, -0.2) is 9.90 Å². The molecule has 0 aromatic rings. The summed E-state index contributed by atoms with van der Waals surface area (Å²) in [5, 5.41) is 10.3. The van der Waals surface area contributed by atoms with Gasteiger partial charge in [0.15, 0.2) is 0 Å². The van der Waals surface area contributed by atoms with Gasteiger partial charge in [-0.2, -0.15) is 0 Å². The molecule has 0 aromatic carbocycles. The van der Waals surface area contributed by atoms with E-state index in [0.717, 1.165) is 12.8 Å². The number of alkyl halides is 1. The molecule has 71 valence electrons. The second-order valence-corrected chi connectivity index (χ2v) is 3.55. The van der Waals surface area contributed by atoms with E-state index in [1.165, 1.54) is 0 Å². The Labute approximate surface area is 78.9 Å². The topological polar surface area (TPSA) is 37.0 Å². The molecule has 0 amide bonds. The Balaban J connectivity index is 3.94. The van der Waals surface area contributed by atoms with Crippen LogP contribution in [-0.4, -0.2) is 11.3 Å². The molecule has 0 saturated heterocycles. The van der Waals surface area contributed by atoms with Gasteiger partial charge < -0.3 is 0 Å². The molecule has 0 aliphatic carbocycles. The van der Waals surface area contributed by atoms with Crippen LogP contribution in [0.3, 0.4) is 0 Å². The highest BCUT2D eigenvalue weighted by Gasteiger charge is 2.25. The molecule has 0 aliphatic heterocycles. The van der Waals surface area contributed by atoms with Crippen LogP contribution in [0.5, 0.6) is 0 Å². The minimum absolute atomic E-state index is 0.276. The predicted octanol–water partition coefficient (Wildman–Crippen LogP) is 2.77. The van der Waals surface area contributed by atoms with Crippen molar-refractivity contribution in [1.29, 1.82) is 0 Å². The van der Waals surface area contributed by atoms with Crippen molar-refractivity contribution in [2.45, 2.75) is 44.9 Å². The molecule has 3 heteroatoms. The number of unbranched alkanes of at least 4 members (excludes halogenated alkanes) is 1. The van der Waals surface area contributed by atoms with Crippen LogP contribution >= 0.6 is 11.6 Å². The third kappa shape index (κ3) is 3.96. The highest BCUT2D eigenvalue weighted by molar-refractivity contribution is 6.21. The van der Waals surface area contributed by atoms with Crippen molar-refractivity contribution in [3.63, 3.8) is 0 Å². The zero-order valence-corrected chi connectivity index (χ0v) is 8.43. The molecule has 0 spiro atoms. The van der Waals surface area contributed by atoms with E-state index in [2.05, 4.69) is 0 Å². The monoisotopic (exact) mass is 191 g/mol. The Bertz CT molecular complexity index is 136. The van der Waals surface area contributed by atoms with E-state index < -0.39 is 11.9 Å². The second kappa shape index (κ2) is 6.30. The van der Waals surface area contributed by atoms with Gasteiger partial charge in [0.2, 0.25) is 0 Å². The van der Waals surface area contributed by atoms with Gasteiger partial charge in [0.1, 0.15) is 0 Å². The summed E-state index contributed by atoms with van der Waals surface area (Å²) in [6, 6.07) is 0. The molecular weight excluding hydrogens is 176 g/mol. The van der Waals surface area contributed by atoms with Crippen LogP contribution in [0.4, 0.5) is 0 Å². The van der Waals surface area contributed by atoms with Crippen molar-refractivity contribution in [3.05, 3.63) is 0 Å². The SMILES string of the molecule is CCCCC(C([O])=O)C(Cl)CC. The number of halogens is 1. The third-order valence-electron chi connectivity index (χ3n) is 2.00. The summed E-state index contributed by atoms with van der Waals surface area (Å²) in [5.74, 6) is -1.48. The van der Waals surface area contributed by atoms with Gasteiger partial charge in [-0.05, 0) is 12.8 Å². The van der Waals surface area contributed by atoms with Gasteiger partial charge in [0, 0.05) is 5.38 Å². The summed E-state index contributed by atoms with van der Waals surface area (Å²) in [6.45, 7) is 3.92. The fourth-order valence-electron chi connectivity index (χ4n) is 1.15. The number of hydrogen-bond donors (Lipinski definition) is 0. The third-order valence-corrected chi connectivity index (χ3v) is 2.61. The first-order chi connectivity index (χ1) is 5.63. The maximum Gasteiger partial charge on any atom is 0.360 e. The molecule has 0 N–H and O–H groups in total. The smallest absolute Gasteiger partial charge is 0.247 e. The number of rotatable bonds is 6. The van der Waals surface area contributed by atoms with Crippen molar-refractivity contribution in [2.24, 2.45) is 5.92 Å². The number of hydrogen-bond acceptors (Lipinski definition) is 1. The largest absolute Gasteiger partial charge is 0.360 e. The minimum atomic E-state index is -1.01. The van der Waals surface area contributed by atoms with Crippen LogP contribution < -0.4 is 0 Å². The standard InChI is InChI=1S/C9H16ClO2/c1-3-5-6-7(9(11)12)8(10)4-2/h7-8H,3-6H2,1-2H3. The summed E-state index contributed by atoms with van der Waals surface area (Å²) in [5.41, 5.74) is 0. The van der Waals surface area contributed by atoms with Crippen molar-refractivity contribution in [1.82, 2.24) is 0 Å². The normalized spacial score (nSPS) is 15.6. The maximum atomic E-state index is 10.6. The molecule has 2 atom stereocenters. The van der Waals surface area contributed by atoms with Crippen molar-refractivity contribution in [3.8, 4) is 0 Å². The molecule has 0 fully saturated rings. The first kappa shape index (κ1) is 11.8. The van der Waals surface area contributed by atoms with E-state index in [9.17, 15) is 9.90 Å². The Morgan fingerprint density at radius 2 is 2.00 bits per heavy atom. The molecule has 0 aliphatic rings. The zero-order valence-electron chi connectivity index (χ0n) is 7.68. The molecular formula is C9H16ClO2. The molecule has 0 rings (SSSR count). The summed E-state index contributed by atoms with van der Waals surface area (Å²) >= 11 is 5.84. The van der Waals surface area contributed by atoms with Crippen LogP contribution in [0.15, 0.2) is 0 Å². The first-order valence-corrected chi connectivity index (χ1v) is 4.92. The molecule has 2 unspecified atom stereocenters.